The van der Waals surface area contributed by atoms with Crippen molar-refractivity contribution < 1.29 is 13.9 Å². The van der Waals surface area contributed by atoms with Crippen LogP contribution in [0.25, 0.3) is 0 Å². The van der Waals surface area contributed by atoms with Gasteiger partial charge in [0, 0.05) is 11.6 Å². The summed E-state index contributed by atoms with van der Waals surface area (Å²) < 4.78 is 18.9. The lowest BCUT2D eigenvalue weighted by Crippen LogP contribution is -2.44. The molecule has 0 bridgehead atoms. The van der Waals surface area contributed by atoms with E-state index in [4.69, 9.17) is 10.5 Å². The molecule has 112 valence electrons. The van der Waals surface area contributed by atoms with Crippen LogP contribution in [0.2, 0.25) is 0 Å². The van der Waals surface area contributed by atoms with Crippen molar-refractivity contribution in [1.82, 2.24) is 5.32 Å². The van der Waals surface area contributed by atoms with Gasteiger partial charge in [-0.15, -0.1) is 0 Å². The minimum absolute atomic E-state index is 0.0545. The molecule has 5 heteroatoms. The molecule has 0 heterocycles. The molecule has 1 aromatic carbocycles. The fourth-order valence-electron chi connectivity index (χ4n) is 1.56. The molecule has 0 saturated carbocycles. The number of carbonyl (C=O) groups excluding carboxylic acids is 1. The van der Waals surface area contributed by atoms with Crippen molar-refractivity contribution in [3.05, 3.63) is 29.6 Å². The first-order chi connectivity index (χ1) is 9.25. The molecule has 20 heavy (non-hydrogen) atoms. The average molecular weight is 282 g/mol. The van der Waals surface area contributed by atoms with Crippen molar-refractivity contribution in [2.24, 2.45) is 5.73 Å². The summed E-state index contributed by atoms with van der Waals surface area (Å²) in [6.07, 6.45) is 0.802. The molecule has 1 rings (SSSR count). The van der Waals surface area contributed by atoms with Gasteiger partial charge in [0.1, 0.15) is 0 Å². The van der Waals surface area contributed by atoms with Crippen LogP contribution in [0.15, 0.2) is 18.2 Å². The summed E-state index contributed by atoms with van der Waals surface area (Å²) >= 11 is 0. The van der Waals surface area contributed by atoms with E-state index >= 15 is 0 Å². The Morgan fingerprint density at radius 3 is 2.65 bits per heavy atom. The van der Waals surface area contributed by atoms with Crippen molar-refractivity contribution >= 4 is 5.91 Å². The summed E-state index contributed by atoms with van der Waals surface area (Å²) in [5, 5.41) is 2.82. The van der Waals surface area contributed by atoms with Crippen molar-refractivity contribution in [2.75, 3.05) is 6.61 Å². The zero-order valence-corrected chi connectivity index (χ0v) is 12.5. The Hall–Kier alpha value is -1.62. The Balaban J connectivity index is 2.60. The fourth-order valence-corrected chi connectivity index (χ4v) is 1.56. The number of hydrogen-bond acceptors (Lipinski definition) is 3. The Labute approximate surface area is 119 Å². The standard InChI is InChI=1S/C15H23FN2O2/c1-5-15(3,4)18-14(19)9-20-13-7-6-11(10(2)17)8-12(13)16/h6-8,10H,5,9,17H2,1-4H3,(H,18,19)/t10-/m0/s1. The van der Waals surface area contributed by atoms with Gasteiger partial charge in [-0.05, 0) is 44.9 Å². The van der Waals surface area contributed by atoms with E-state index in [0.29, 0.717) is 5.56 Å². The Kier molecular flexibility index (Phi) is 5.51. The molecular weight excluding hydrogens is 259 g/mol. The quantitative estimate of drug-likeness (QED) is 0.842. The summed E-state index contributed by atoms with van der Waals surface area (Å²) in [4.78, 5) is 11.7. The van der Waals surface area contributed by atoms with E-state index in [9.17, 15) is 9.18 Å². The lowest BCUT2D eigenvalue weighted by molar-refractivity contribution is -0.124. The van der Waals surface area contributed by atoms with Gasteiger partial charge in [0.15, 0.2) is 18.2 Å². The van der Waals surface area contributed by atoms with Crippen LogP contribution in [0.3, 0.4) is 0 Å². The number of carbonyl (C=O) groups is 1. The van der Waals surface area contributed by atoms with E-state index in [1.807, 2.05) is 20.8 Å². The van der Waals surface area contributed by atoms with Crippen LogP contribution in [0, 0.1) is 5.82 Å². The fraction of sp³-hybridized carbons (Fsp3) is 0.533. The highest BCUT2D eigenvalue weighted by Crippen LogP contribution is 2.21. The van der Waals surface area contributed by atoms with Gasteiger partial charge >= 0.3 is 0 Å². The van der Waals surface area contributed by atoms with Crippen LogP contribution < -0.4 is 15.8 Å². The van der Waals surface area contributed by atoms with Crippen LogP contribution in [0.5, 0.6) is 5.75 Å². The van der Waals surface area contributed by atoms with Crippen molar-refractivity contribution in [3.63, 3.8) is 0 Å². The predicted octanol–water partition coefficient (Wildman–Crippen LogP) is 2.53. The second kappa shape index (κ2) is 6.70. The summed E-state index contributed by atoms with van der Waals surface area (Å²) in [5.41, 5.74) is 6.06. The van der Waals surface area contributed by atoms with E-state index in [1.54, 1.807) is 13.0 Å². The molecule has 1 aromatic rings. The molecule has 3 N–H and O–H groups in total. The van der Waals surface area contributed by atoms with Gasteiger partial charge in [-0.3, -0.25) is 4.79 Å². The van der Waals surface area contributed by atoms with Gasteiger partial charge in [0.2, 0.25) is 0 Å². The maximum atomic E-state index is 13.8. The molecule has 0 radical (unpaired) electrons. The maximum Gasteiger partial charge on any atom is 0.258 e. The van der Waals surface area contributed by atoms with Crippen LogP contribution in [0.1, 0.15) is 45.7 Å². The van der Waals surface area contributed by atoms with Crippen molar-refractivity contribution in [2.45, 2.75) is 45.7 Å². The molecule has 0 fully saturated rings. The molecule has 0 unspecified atom stereocenters. The van der Waals surface area contributed by atoms with Gasteiger partial charge < -0.3 is 15.8 Å². The van der Waals surface area contributed by atoms with Crippen LogP contribution in [0.4, 0.5) is 4.39 Å². The summed E-state index contributed by atoms with van der Waals surface area (Å²) in [6, 6.07) is 4.27. The number of rotatable bonds is 6. The van der Waals surface area contributed by atoms with E-state index in [-0.39, 0.29) is 29.8 Å². The van der Waals surface area contributed by atoms with Crippen LogP contribution in [-0.4, -0.2) is 18.1 Å². The number of amides is 1. The normalized spacial score (nSPS) is 12.9. The van der Waals surface area contributed by atoms with E-state index in [2.05, 4.69) is 5.32 Å². The number of ether oxygens (including phenoxy) is 1. The third-order valence-electron chi connectivity index (χ3n) is 3.20. The first-order valence-electron chi connectivity index (χ1n) is 6.74. The van der Waals surface area contributed by atoms with Crippen LogP contribution in [-0.2, 0) is 4.79 Å². The summed E-state index contributed by atoms with van der Waals surface area (Å²) in [5.74, 6) is -0.728. The topological polar surface area (TPSA) is 64.3 Å². The van der Waals surface area contributed by atoms with Gasteiger partial charge in [0.25, 0.3) is 5.91 Å². The third-order valence-corrected chi connectivity index (χ3v) is 3.20. The number of nitrogens with one attached hydrogen (secondary N) is 1. The average Bonchev–Trinajstić information content (AvgIpc) is 2.36. The largest absolute Gasteiger partial charge is 0.481 e. The lowest BCUT2D eigenvalue weighted by atomic mass is 10.0. The van der Waals surface area contributed by atoms with Gasteiger partial charge in [0.05, 0.1) is 0 Å². The molecule has 0 spiro atoms. The molecule has 0 aromatic heterocycles. The molecule has 0 saturated heterocycles. The third kappa shape index (κ3) is 4.81. The molecule has 0 aliphatic heterocycles. The summed E-state index contributed by atoms with van der Waals surface area (Å²) in [6.45, 7) is 7.38. The second-order valence-electron chi connectivity index (χ2n) is 5.55. The Morgan fingerprint density at radius 1 is 1.50 bits per heavy atom. The zero-order chi connectivity index (χ0) is 15.3. The highest BCUT2D eigenvalue weighted by atomic mass is 19.1. The van der Waals surface area contributed by atoms with Gasteiger partial charge in [-0.2, -0.15) is 0 Å². The molecule has 1 atom stereocenters. The first kappa shape index (κ1) is 16.4. The minimum atomic E-state index is -0.512. The molecule has 0 aliphatic carbocycles. The Morgan fingerprint density at radius 2 is 2.15 bits per heavy atom. The van der Waals surface area contributed by atoms with Crippen LogP contribution >= 0.6 is 0 Å². The lowest BCUT2D eigenvalue weighted by Gasteiger charge is -2.24. The number of nitrogens with two attached hydrogens (primary N) is 1. The minimum Gasteiger partial charge on any atom is -0.481 e. The second-order valence-corrected chi connectivity index (χ2v) is 5.55. The van der Waals surface area contributed by atoms with Crippen molar-refractivity contribution in [3.8, 4) is 5.75 Å². The zero-order valence-electron chi connectivity index (χ0n) is 12.5. The van der Waals surface area contributed by atoms with Crippen molar-refractivity contribution in [1.29, 1.82) is 0 Å². The molecular formula is C15H23FN2O2. The molecule has 1 amide bonds. The highest BCUT2D eigenvalue weighted by molar-refractivity contribution is 5.78. The first-order valence-corrected chi connectivity index (χ1v) is 6.74. The number of benzene rings is 1. The van der Waals surface area contributed by atoms with Gasteiger partial charge in [-0.25, -0.2) is 4.39 Å². The summed E-state index contributed by atoms with van der Waals surface area (Å²) in [7, 11) is 0. The number of halogens is 1. The monoisotopic (exact) mass is 282 g/mol. The van der Waals surface area contributed by atoms with E-state index in [0.717, 1.165) is 6.42 Å². The molecule has 4 nitrogen and oxygen atoms in total. The smallest absolute Gasteiger partial charge is 0.258 e. The Bertz CT molecular complexity index is 473. The van der Waals surface area contributed by atoms with E-state index < -0.39 is 5.82 Å². The predicted molar refractivity (Wildman–Crippen MR) is 77.0 cm³/mol. The van der Waals surface area contributed by atoms with E-state index in [1.165, 1.54) is 12.1 Å². The number of hydrogen-bond donors (Lipinski definition) is 2. The maximum absolute atomic E-state index is 13.8. The highest BCUT2D eigenvalue weighted by Gasteiger charge is 2.18. The SMILES string of the molecule is CCC(C)(C)NC(=O)COc1ccc([C@H](C)N)cc1F. The molecule has 0 aliphatic rings. The van der Waals surface area contributed by atoms with Gasteiger partial charge in [-0.1, -0.05) is 13.0 Å².